The second-order valence-corrected chi connectivity index (χ2v) is 7.19. The molecule has 0 aliphatic heterocycles. The minimum Gasteiger partial charge on any atom is -0.469 e. The van der Waals surface area contributed by atoms with Crippen molar-refractivity contribution < 1.29 is 17.9 Å². The lowest BCUT2D eigenvalue weighted by atomic mass is 10.1. The largest absolute Gasteiger partial charge is 0.469 e. The van der Waals surface area contributed by atoms with Crippen LogP contribution >= 0.6 is 0 Å². The molecule has 5 heteroatoms. The van der Waals surface area contributed by atoms with Gasteiger partial charge in [-0.1, -0.05) is 18.2 Å². The first-order valence-electron chi connectivity index (χ1n) is 6.11. The number of esters is 1. The maximum absolute atomic E-state index is 12.2. The number of hydrogen-bond donors (Lipinski definition) is 0. The van der Waals surface area contributed by atoms with E-state index >= 15 is 0 Å². The molecule has 1 atom stereocenters. The number of sulfone groups is 1. The molecule has 0 N–H and O–H groups in total. The van der Waals surface area contributed by atoms with Crippen LogP contribution in [0.2, 0.25) is 0 Å². The van der Waals surface area contributed by atoms with E-state index in [0.29, 0.717) is 0 Å². The standard InChI is InChI=1S/C14H20O4S/c1-10-6-5-7-11(2)13(10)9-19(16,17)12(3)8-14(15)18-4/h5-7,12H,8-9H2,1-4H3. The number of methoxy groups -OCH3 is 1. The first-order chi connectivity index (χ1) is 8.77. The molecule has 0 radical (unpaired) electrons. The summed E-state index contributed by atoms with van der Waals surface area (Å²) in [4.78, 5) is 11.2. The highest BCUT2D eigenvalue weighted by atomic mass is 32.2. The van der Waals surface area contributed by atoms with E-state index in [2.05, 4.69) is 4.74 Å². The first-order valence-corrected chi connectivity index (χ1v) is 7.83. The van der Waals surface area contributed by atoms with Crippen molar-refractivity contribution in [3.05, 3.63) is 34.9 Å². The zero-order valence-electron chi connectivity index (χ0n) is 11.8. The summed E-state index contributed by atoms with van der Waals surface area (Å²) in [5, 5.41) is -0.737. The molecular formula is C14H20O4S. The highest BCUT2D eigenvalue weighted by Gasteiger charge is 2.25. The van der Waals surface area contributed by atoms with E-state index in [-0.39, 0.29) is 12.2 Å². The Kier molecular flexibility index (Phi) is 5.11. The second kappa shape index (κ2) is 6.19. The van der Waals surface area contributed by atoms with Gasteiger partial charge in [0.1, 0.15) is 0 Å². The molecule has 1 rings (SSSR count). The quantitative estimate of drug-likeness (QED) is 0.777. The van der Waals surface area contributed by atoms with E-state index in [1.807, 2.05) is 32.0 Å². The van der Waals surface area contributed by atoms with Crippen LogP contribution in [0.15, 0.2) is 18.2 Å². The molecule has 0 aliphatic rings. The number of ether oxygens (including phenoxy) is 1. The molecule has 1 aromatic carbocycles. The normalized spacial score (nSPS) is 13.1. The summed E-state index contributed by atoms with van der Waals surface area (Å²) in [7, 11) is -2.11. The number of hydrogen-bond acceptors (Lipinski definition) is 4. The Bertz CT molecular complexity index is 541. The lowest BCUT2D eigenvalue weighted by Crippen LogP contribution is -2.24. The van der Waals surface area contributed by atoms with Gasteiger partial charge in [-0.05, 0) is 37.5 Å². The van der Waals surface area contributed by atoms with Crippen LogP contribution in [-0.4, -0.2) is 26.7 Å². The molecule has 0 fully saturated rings. The summed E-state index contributed by atoms with van der Waals surface area (Å²) < 4.78 is 29.0. The fraction of sp³-hybridized carbons (Fsp3) is 0.500. The third kappa shape index (κ3) is 4.06. The number of rotatable bonds is 5. The Morgan fingerprint density at radius 1 is 1.26 bits per heavy atom. The highest BCUT2D eigenvalue weighted by Crippen LogP contribution is 2.20. The van der Waals surface area contributed by atoms with Crippen molar-refractivity contribution in [3.8, 4) is 0 Å². The maximum atomic E-state index is 12.2. The zero-order chi connectivity index (χ0) is 14.6. The van der Waals surface area contributed by atoms with Crippen LogP contribution < -0.4 is 0 Å². The molecule has 19 heavy (non-hydrogen) atoms. The molecule has 0 saturated heterocycles. The van der Waals surface area contributed by atoms with Gasteiger partial charge in [0.15, 0.2) is 9.84 Å². The van der Waals surface area contributed by atoms with Crippen LogP contribution in [0.25, 0.3) is 0 Å². The molecule has 4 nitrogen and oxygen atoms in total. The van der Waals surface area contributed by atoms with Crippen LogP contribution in [0.1, 0.15) is 30.0 Å². The van der Waals surface area contributed by atoms with Gasteiger partial charge in [-0.3, -0.25) is 4.79 Å². The van der Waals surface area contributed by atoms with Gasteiger partial charge in [-0.25, -0.2) is 8.42 Å². The molecule has 106 valence electrons. The van der Waals surface area contributed by atoms with Crippen molar-refractivity contribution in [2.75, 3.05) is 7.11 Å². The molecular weight excluding hydrogens is 264 g/mol. The van der Waals surface area contributed by atoms with Gasteiger partial charge < -0.3 is 4.74 Å². The molecule has 1 aromatic rings. The maximum Gasteiger partial charge on any atom is 0.306 e. The Balaban J connectivity index is 2.94. The smallest absolute Gasteiger partial charge is 0.306 e. The summed E-state index contributed by atoms with van der Waals surface area (Å²) in [6.07, 6.45) is -0.107. The minimum absolute atomic E-state index is 0.0380. The van der Waals surface area contributed by atoms with Gasteiger partial charge in [0.05, 0.1) is 24.5 Å². The van der Waals surface area contributed by atoms with Gasteiger partial charge in [-0.2, -0.15) is 0 Å². The van der Waals surface area contributed by atoms with E-state index in [1.165, 1.54) is 7.11 Å². The Hall–Kier alpha value is -1.36. The number of benzene rings is 1. The summed E-state index contributed by atoms with van der Waals surface area (Å²) >= 11 is 0. The zero-order valence-corrected chi connectivity index (χ0v) is 12.6. The highest BCUT2D eigenvalue weighted by molar-refractivity contribution is 7.91. The predicted octanol–water partition coefficient (Wildman–Crippen LogP) is 2.17. The van der Waals surface area contributed by atoms with Crippen LogP contribution in [0, 0.1) is 13.8 Å². The molecule has 1 unspecified atom stereocenters. The van der Waals surface area contributed by atoms with Crippen molar-refractivity contribution in [1.29, 1.82) is 0 Å². The fourth-order valence-electron chi connectivity index (χ4n) is 1.87. The topological polar surface area (TPSA) is 60.4 Å². The second-order valence-electron chi connectivity index (χ2n) is 4.77. The van der Waals surface area contributed by atoms with Gasteiger partial charge in [0, 0.05) is 0 Å². The molecule has 0 heterocycles. The van der Waals surface area contributed by atoms with Gasteiger partial charge >= 0.3 is 5.97 Å². The molecule has 0 aromatic heterocycles. The first kappa shape index (κ1) is 15.7. The van der Waals surface area contributed by atoms with E-state index < -0.39 is 21.1 Å². The van der Waals surface area contributed by atoms with Gasteiger partial charge in [0.2, 0.25) is 0 Å². The summed E-state index contributed by atoms with van der Waals surface area (Å²) in [6.45, 7) is 5.32. The van der Waals surface area contributed by atoms with Crippen LogP contribution in [-0.2, 0) is 25.1 Å². The third-order valence-electron chi connectivity index (χ3n) is 3.28. The molecule has 0 spiro atoms. The Labute approximate surface area is 114 Å². The predicted molar refractivity (Wildman–Crippen MR) is 74.6 cm³/mol. The summed E-state index contributed by atoms with van der Waals surface area (Å²) in [5.74, 6) is -0.540. The Morgan fingerprint density at radius 2 is 1.79 bits per heavy atom. The van der Waals surface area contributed by atoms with Crippen molar-refractivity contribution in [2.24, 2.45) is 0 Å². The summed E-state index contributed by atoms with van der Waals surface area (Å²) in [5.41, 5.74) is 2.72. The van der Waals surface area contributed by atoms with Crippen molar-refractivity contribution >= 4 is 15.8 Å². The third-order valence-corrected chi connectivity index (χ3v) is 5.37. The monoisotopic (exact) mass is 284 g/mol. The van der Waals surface area contributed by atoms with E-state index in [4.69, 9.17) is 0 Å². The molecule has 0 amide bonds. The molecule has 0 aliphatic carbocycles. The van der Waals surface area contributed by atoms with Crippen LogP contribution in [0.4, 0.5) is 0 Å². The number of aryl methyl sites for hydroxylation is 2. The average Bonchev–Trinajstić information content (AvgIpc) is 2.33. The Morgan fingerprint density at radius 3 is 2.26 bits per heavy atom. The summed E-state index contributed by atoms with van der Waals surface area (Å²) in [6, 6.07) is 5.68. The van der Waals surface area contributed by atoms with Crippen molar-refractivity contribution in [1.82, 2.24) is 0 Å². The van der Waals surface area contributed by atoms with Crippen LogP contribution in [0.5, 0.6) is 0 Å². The van der Waals surface area contributed by atoms with Crippen LogP contribution in [0.3, 0.4) is 0 Å². The lowest BCUT2D eigenvalue weighted by molar-refractivity contribution is -0.140. The van der Waals surface area contributed by atoms with E-state index in [9.17, 15) is 13.2 Å². The van der Waals surface area contributed by atoms with E-state index in [1.54, 1.807) is 6.92 Å². The fourth-order valence-corrected chi connectivity index (χ4v) is 3.40. The average molecular weight is 284 g/mol. The van der Waals surface area contributed by atoms with Gasteiger partial charge in [0.25, 0.3) is 0 Å². The number of carbonyl (C=O) groups excluding carboxylic acids is 1. The molecule has 0 bridgehead atoms. The molecule has 0 saturated carbocycles. The lowest BCUT2D eigenvalue weighted by Gasteiger charge is -2.14. The number of carbonyl (C=O) groups is 1. The van der Waals surface area contributed by atoms with Gasteiger partial charge in [-0.15, -0.1) is 0 Å². The SMILES string of the molecule is COC(=O)CC(C)S(=O)(=O)Cc1c(C)cccc1C. The van der Waals surface area contributed by atoms with Crippen molar-refractivity contribution in [2.45, 2.75) is 38.2 Å². The van der Waals surface area contributed by atoms with Crippen molar-refractivity contribution in [3.63, 3.8) is 0 Å². The van der Waals surface area contributed by atoms with E-state index in [0.717, 1.165) is 16.7 Å². The minimum atomic E-state index is -3.36.